The summed E-state index contributed by atoms with van der Waals surface area (Å²) in [5.74, 6) is 0.810. The third-order valence-corrected chi connectivity index (χ3v) is 1.59. The summed E-state index contributed by atoms with van der Waals surface area (Å²) in [6, 6.07) is 0.657. The average molecular weight is 125 g/mol. The number of nitrogens with one attached hydrogen (secondary N) is 1. The Balaban J connectivity index is 2.20. The molecule has 9 heavy (non-hydrogen) atoms. The van der Waals surface area contributed by atoms with Gasteiger partial charge >= 0.3 is 0 Å². The highest BCUT2D eigenvalue weighted by molar-refractivity contribution is 5.01. The van der Waals surface area contributed by atoms with Crippen molar-refractivity contribution in [3.05, 3.63) is 12.2 Å². The van der Waals surface area contributed by atoms with Gasteiger partial charge < -0.3 is 5.32 Å². The van der Waals surface area contributed by atoms with Crippen LogP contribution in [0.15, 0.2) is 12.2 Å². The van der Waals surface area contributed by atoms with E-state index < -0.39 is 0 Å². The Morgan fingerprint density at radius 2 is 2.44 bits per heavy atom. The van der Waals surface area contributed by atoms with Crippen molar-refractivity contribution in [3.63, 3.8) is 0 Å². The molecule has 1 heterocycles. The molecule has 0 saturated heterocycles. The lowest BCUT2D eigenvalue weighted by atomic mass is 10.1. The fraction of sp³-hybridized carbons (Fsp3) is 0.750. The van der Waals surface area contributed by atoms with Crippen LogP contribution in [0.1, 0.15) is 20.3 Å². The second-order valence-electron chi connectivity index (χ2n) is 3.07. The van der Waals surface area contributed by atoms with Crippen molar-refractivity contribution in [1.82, 2.24) is 5.32 Å². The van der Waals surface area contributed by atoms with Crippen molar-refractivity contribution in [3.8, 4) is 0 Å². The molecule has 0 saturated carbocycles. The molecule has 0 spiro atoms. The minimum atomic E-state index is 0.657. The molecular weight excluding hydrogens is 110 g/mol. The molecule has 1 rings (SSSR count). The van der Waals surface area contributed by atoms with Crippen LogP contribution in [0.2, 0.25) is 0 Å². The van der Waals surface area contributed by atoms with Crippen LogP contribution in [0.25, 0.3) is 0 Å². The van der Waals surface area contributed by atoms with E-state index in [2.05, 4.69) is 31.3 Å². The predicted octanol–water partition coefficient (Wildman–Crippen LogP) is 1.56. The highest BCUT2D eigenvalue weighted by Crippen LogP contribution is 2.07. The van der Waals surface area contributed by atoms with E-state index in [1.807, 2.05) is 0 Å². The molecule has 0 radical (unpaired) electrons. The molecule has 0 aromatic carbocycles. The van der Waals surface area contributed by atoms with Crippen LogP contribution in [0, 0.1) is 5.92 Å². The molecule has 0 aromatic heterocycles. The molecule has 1 aliphatic heterocycles. The third-order valence-electron chi connectivity index (χ3n) is 1.59. The van der Waals surface area contributed by atoms with E-state index in [1.54, 1.807) is 0 Å². The molecule has 52 valence electrons. The molecule has 0 fully saturated rings. The molecule has 1 nitrogen and oxygen atoms in total. The Bertz CT molecular complexity index is 105. The van der Waals surface area contributed by atoms with E-state index >= 15 is 0 Å². The largest absolute Gasteiger partial charge is 0.307 e. The van der Waals surface area contributed by atoms with E-state index in [9.17, 15) is 0 Å². The second-order valence-corrected chi connectivity index (χ2v) is 3.07. The molecular formula is C8H15N. The van der Waals surface area contributed by atoms with Gasteiger partial charge in [0.25, 0.3) is 0 Å². The second kappa shape index (κ2) is 3.02. The maximum Gasteiger partial charge on any atom is 0.0255 e. The zero-order valence-corrected chi connectivity index (χ0v) is 6.22. The summed E-state index contributed by atoms with van der Waals surface area (Å²) in [7, 11) is 0. The predicted molar refractivity (Wildman–Crippen MR) is 40.4 cm³/mol. The van der Waals surface area contributed by atoms with E-state index in [0.29, 0.717) is 6.04 Å². The van der Waals surface area contributed by atoms with E-state index in [-0.39, 0.29) is 0 Å². The smallest absolute Gasteiger partial charge is 0.0255 e. The normalized spacial score (nSPS) is 25.9. The lowest BCUT2D eigenvalue weighted by molar-refractivity contribution is 0.502. The van der Waals surface area contributed by atoms with Crippen molar-refractivity contribution in [1.29, 1.82) is 0 Å². The summed E-state index contributed by atoms with van der Waals surface area (Å²) in [5, 5.41) is 3.38. The van der Waals surface area contributed by atoms with Gasteiger partial charge in [-0.05, 0) is 12.3 Å². The van der Waals surface area contributed by atoms with Gasteiger partial charge in [-0.1, -0.05) is 26.0 Å². The third kappa shape index (κ3) is 2.19. The minimum absolute atomic E-state index is 0.657. The van der Waals surface area contributed by atoms with E-state index in [1.165, 1.54) is 6.42 Å². The van der Waals surface area contributed by atoms with Crippen LogP contribution in [-0.4, -0.2) is 12.6 Å². The van der Waals surface area contributed by atoms with Gasteiger partial charge in [-0.2, -0.15) is 0 Å². The van der Waals surface area contributed by atoms with Gasteiger partial charge in [-0.3, -0.25) is 0 Å². The summed E-state index contributed by atoms with van der Waals surface area (Å²) >= 11 is 0. The van der Waals surface area contributed by atoms with Crippen molar-refractivity contribution < 1.29 is 0 Å². The fourth-order valence-corrected chi connectivity index (χ4v) is 1.19. The van der Waals surface area contributed by atoms with Crippen LogP contribution in [0.5, 0.6) is 0 Å². The van der Waals surface area contributed by atoms with Gasteiger partial charge in [0.2, 0.25) is 0 Å². The van der Waals surface area contributed by atoms with Crippen LogP contribution in [0.4, 0.5) is 0 Å². The maximum absolute atomic E-state index is 3.38. The highest BCUT2D eigenvalue weighted by atomic mass is 14.9. The number of hydrogen-bond donors (Lipinski definition) is 1. The fourth-order valence-electron chi connectivity index (χ4n) is 1.19. The quantitative estimate of drug-likeness (QED) is 0.552. The van der Waals surface area contributed by atoms with Gasteiger partial charge in [-0.15, -0.1) is 0 Å². The highest BCUT2D eigenvalue weighted by Gasteiger charge is 2.08. The minimum Gasteiger partial charge on any atom is -0.307 e. The topological polar surface area (TPSA) is 12.0 Å². The van der Waals surface area contributed by atoms with Gasteiger partial charge in [-0.25, -0.2) is 0 Å². The maximum atomic E-state index is 3.38. The van der Waals surface area contributed by atoms with Gasteiger partial charge in [0.1, 0.15) is 0 Å². The molecule has 0 aromatic rings. The summed E-state index contributed by atoms with van der Waals surface area (Å²) in [5.41, 5.74) is 0. The molecule has 1 heteroatoms. The first-order valence-corrected chi connectivity index (χ1v) is 3.69. The molecule has 0 amide bonds. The standard InChI is InChI=1S/C8H15N/c1-7(2)6-8-4-3-5-9-8/h3-4,7-9H,5-6H2,1-2H3. The van der Waals surface area contributed by atoms with Crippen LogP contribution >= 0.6 is 0 Å². The van der Waals surface area contributed by atoms with E-state index in [4.69, 9.17) is 0 Å². The zero-order valence-electron chi connectivity index (χ0n) is 6.22. The molecule has 1 atom stereocenters. The van der Waals surface area contributed by atoms with Gasteiger partial charge in [0.15, 0.2) is 0 Å². The Kier molecular flexibility index (Phi) is 2.29. The summed E-state index contributed by atoms with van der Waals surface area (Å²) in [6.07, 6.45) is 5.74. The Morgan fingerprint density at radius 1 is 1.67 bits per heavy atom. The Morgan fingerprint density at radius 3 is 2.89 bits per heavy atom. The van der Waals surface area contributed by atoms with Crippen LogP contribution in [0.3, 0.4) is 0 Å². The van der Waals surface area contributed by atoms with Crippen molar-refractivity contribution in [2.75, 3.05) is 6.54 Å². The summed E-state index contributed by atoms with van der Waals surface area (Å²) < 4.78 is 0. The van der Waals surface area contributed by atoms with Gasteiger partial charge in [0, 0.05) is 12.6 Å². The number of hydrogen-bond acceptors (Lipinski definition) is 1. The monoisotopic (exact) mass is 125 g/mol. The van der Waals surface area contributed by atoms with Crippen LogP contribution in [-0.2, 0) is 0 Å². The molecule has 0 aliphatic carbocycles. The Labute approximate surface area is 57.1 Å². The first-order valence-electron chi connectivity index (χ1n) is 3.69. The van der Waals surface area contributed by atoms with Crippen molar-refractivity contribution in [2.45, 2.75) is 26.3 Å². The first-order chi connectivity index (χ1) is 4.29. The molecule has 1 unspecified atom stereocenters. The van der Waals surface area contributed by atoms with Gasteiger partial charge in [0.05, 0.1) is 0 Å². The molecule has 1 aliphatic rings. The lowest BCUT2D eigenvalue weighted by Gasteiger charge is -2.10. The summed E-state index contributed by atoms with van der Waals surface area (Å²) in [6.45, 7) is 5.58. The first kappa shape index (κ1) is 6.81. The van der Waals surface area contributed by atoms with E-state index in [0.717, 1.165) is 12.5 Å². The SMILES string of the molecule is CC(C)CC1C=CCN1. The van der Waals surface area contributed by atoms with Crippen molar-refractivity contribution >= 4 is 0 Å². The van der Waals surface area contributed by atoms with Crippen LogP contribution < -0.4 is 5.32 Å². The zero-order chi connectivity index (χ0) is 6.69. The van der Waals surface area contributed by atoms with Crippen molar-refractivity contribution in [2.24, 2.45) is 5.92 Å². The molecule has 1 N–H and O–H groups in total. The lowest BCUT2D eigenvalue weighted by Crippen LogP contribution is -2.23. The Hall–Kier alpha value is -0.300. The molecule has 0 bridgehead atoms. The average Bonchev–Trinajstić information content (AvgIpc) is 2.15. The number of rotatable bonds is 2. The summed E-state index contributed by atoms with van der Waals surface area (Å²) in [4.78, 5) is 0.